The SMILES string of the molecule is CC(C)(C)OC(=O)NC1CCCN(CC(=O)c2cccs2)C1. The standard InChI is InChI=1S/C16H24N2O3S/c1-16(2,3)21-15(20)17-12-6-4-8-18(10-12)11-13(19)14-7-5-9-22-14/h5,7,9,12H,4,6,8,10-11H2,1-3H3,(H,17,20). The van der Waals surface area contributed by atoms with Gasteiger partial charge in [0.1, 0.15) is 5.60 Å². The maximum absolute atomic E-state index is 12.1. The van der Waals surface area contributed by atoms with Crippen molar-refractivity contribution in [3.05, 3.63) is 22.4 Å². The first-order valence-corrected chi connectivity index (χ1v) is 8.50. The van der Waals surface area contributed by atoms with Gasteiger partial charge >= 0.3 is 6.09 Å². The Hall–Kier alpha value is -1.40. The van der Waals surface area contributed by atoms with Crippen LogP contribution in [0.2, 0.25) is 0 Å². The molecule has 1 fully saturated rings. The molecule has 1 atom stereocenters. The average molecular weight is 324 g/mol. The van der Waals surface area contributed by atoms with E-state index in [9.17, 15) is 9.59 Å². The van der Waals surface area contributed by atoms with E-state index >= 15 is 0 Å². The summed E-state index contributed by atoms with van der Waals surface area (Å²) in [5.74, 6) is 0.146. The fourth-order valence-electron chi connectivity index (χ4n) is 2.51. The number of carbonyl (C=O) groups excluding carboxylic acids is 2. The molecule has 5 nitrogen and oxygen atoms in total. The van der Waals surface area contributed by atoms with E-state index in [4.69, 9.17) is 4.74 Å². The van der Waals surface area contributed by atoms with Crippen LogP contribution >= 0.6 is 11.3 Å². The first kappa shape index (κ1) is 17.0. The van der Waals surface area contributed by atoms with Crippen LogP contribution < -0.4 is 5.32 Å². The number of carbonyl (C=O) groups is 2. The fourth-order valence-corrected chi connectivity index (χ4v) is 3.17. The van der Waals surface area contributed by atoms with Crippen molar-refractivity contribution in [2.24, 2.45) is 0 Å². The summed E-state index contributed by atoms with van der Waals surface area (Å²) in [5, 5.41) is 4.81. The Kier molecular flexibility index (Phi) is 5.58. The summed E-state index contributed by atoms with van der Waals surface area (Å²) in [6.45, 7) is 7.53. The number of amides is 1. The van der Waals surface area contributed by atoms with Gasteiger partial charge in [-0.1, -0.05) is 6.07 Å². The van der Waals surface area contributed by atoms with Gasteiger partial charge in [-0.3, -0.25) is 9.69 Å². The molecule has 0 saturated carbocycles. The lowest BCUT2D eigenvalue weighted by Crippen LogP contribution is -2.49. The number of thiophene rings is 1. The van der Waals surface area contributed by atoms with Crippen LogP contribution in [0.1, 0.15) is 43.3 Å². The molecule has 1 amide bonds. The molecule has 1 aliphatic rings. The lowest BCUT2D eigenvalue weighted by molar-refractivity contribution is 0.0473. The van der Waals surface area contributed by atoms with Crippen molar-refractivity contribution in [1.82, 2.24) is 10.2 Å². The molecule has 1 N–H and O–H groups in total. The Morgan fingerprint density at radius 2 is 2.23 bits per heavy atom. The lowest BCUT2D eigenvalue weighted by atomic mass is 10.1. The van der Waals surface area contributed by atoms with Crippen molar-refractivity contribution in [3.8, 4) is 0 Å². The van der Waals surface area contributed by atoms with Gasteiger partial charge in [0.2, 0.25) is 0 Å². The third kappa shape index (κ3) is 5.42. The molecule has 1 aromatic rings. The first-order chi connectivity index (χ1) is 10.3. The van der Waals surface area contributed by atoms with Gasteiger partial charge in [0, 0.05) is 12.6 Å². The number of nitrogens with zero attached hydrogens (tertiary/aromatic N) is 1. The molecule has 2 heterocycles. The molecule has 0 aliphatic carbocycles. The van der Waals surface area contributed by atoms with Crippen LogP contribution in [0.4, 0.5) is 4.79 Å². The molecule has 0 aromatic carbocycles. The van der Waals surface area contributed by atoms with Crippen LogP contribution in [0.3, 0.4) is 0 Å². The minimum Gasteiger partial charge on any atom is -0.444 e. The monoisotopic (exact) mass is 324 g/mol. The predicted molar refractivity (Wildman–Crippen MR) is 87.5 cm³/mol. The molecule has 0 bridgehead atoms. The second kappa shape index (κ2) is 7.24. The van der Waals surface area contributed by atoms with Crippen molar-refractivity contribution in [3.63, 3.8) is 0 Å². The lowest BCUT2D eigenvalue weighted by Gasteiger charge is -2.33. The molecule has 122 valence electrons. The van der Waals surface area contributed by atoms with Crippen LogP contribution in [0.25, 0.3) is 0 Å². The van der Waals surface area contributed by atoms with E-state index in [1.54, 1.807) is 0 Å². The Morgan fingerprint density at radius 3 is 2.86 bits per heavy atom. The number of Topliss-reactive ketones (excluding diaryl/α,β-unsaturated/α-hetero) is 1. The molecular weight excluding hydrogens is 300 g/mol. The van der Waals surface area contributed by atoms with Crippen molar-refractivity contribution in [2.45, 2.75) is 45.3 Å². The minimum absolute atomic E-state index is 0.0414. The van der Waals surface area contributed by atoms with Gasteiger partial charge in [-0.25, -0.2) is 4.79 Å². The smallest absolute Gasteiger partial charge is 0.407 e. The summed E-state index contributed by atoms with van der Waals surface area (Å²) >= 11 is 1.47. The van der Waals surface area contributed by atoms with Crippen LogP contribution in [-0.4, -0.2) is 48.1 Å². The maximum Gasteiger partial charge on any atom is 0.407 e. The third-order valence-electron chi connectivity index (χ3n) is 3.39. The highest BCUT2D eigenvalue weighted by Gasteiger charge is 2.25. The maximum atomic E-state index is 12.1. The molecule has 1 saturated heterocycles. The van der Waals surface area contributed by atoms with Gasteiger partial charge in [0.25, 0.3) is 0 Å². The van der Waals surface area contributed by atoms with E-state index < -0.39 is 5.60 Å². The fraction of sp³-hybridized carbons (Fsp3) is 0.625. The number of ether oxygens (including phenoxy) is 1. The number of nitrogens with one attached hydrogen (secondary N) is 1. The number of piperidine rings is 1. The van der Waals surface area contributed by atoms with Crippen LogP contribution in [0.5, 0.6) is 0 Å². The van der Waals surface area contributed by atoms with E-state index in [-0.39, 0.29) is 17.9 Å². The van der Waals surface area contributed by atoms with Crippen molar-refractivity contribution >= 4 is 23.2 Å². The predicted octanol–water partition coefficient (Wildman–Crippen LogP) is 2.92. The Balaban J connectivity index is 1.81. The Labute approximate surface area is 135 Å². The molecule has 6 heteroatoms. The van der Waals surface area contributed by atoms with Gasteiger partial charge in [-0.05, 0) is 51.6 Å². The summed E-state index contributed by atoms with van der Waals surface area (Å²) in [4.78, 5) is 26.9. The van der Waals surface area contributed by atoms with Gasteiger partial charge in [-0.2, -0.15) is 0 Å². The second-order valence-electron chi connectivity index (χ2n) is 6.62. The average Bonchev–Trinajstić information content (AvgIpc) is 2.90. The van der Waals surface area contributed by atoms with Crippen LogP contribution in [0.15, 0.2) is 17.5 Å². The zero-order valence-electron chi connectivity index (χ0n) is 13.4. The first-order valence-electron chi connectivity index (χ1n) is 7.62. The number of hydrogen-bond acceptors (Lipinski definition) is 5. The van der Waals surface area contributed by atoms with Crippen molar-refractivity contribution in [2.75, 3.05) is 19.6 Å². The summed E-state index contributed by atoms with van der Waals surface area (Å²) in [5.41, 5.74) is -0.492. The summed E-state index contributed by atoms with van der Waals surface area (Å²) in [7, 11) is 0. The highest BCUT2D eigenvalue weighted by Crippen LogP contribution is 2.15. The number of likely N-dealkylation sites (tertiary alicyclic amines) is 1. The number of rotatable bonds is 4. The zero-order chi connectivity index (χ0) is 16.2. The highest BCUT2D eigenvalue weighted by atomic mass is 32.1. The molecule has 1 aliphatic heterocycles. The van der Waals surface area contributed by atoms with E-state index in [0.29, 0.717) is 13.1 Å². The normalized spacial score (nSPS) is 19.7. The van der Waals surface area contributed by atoms with Crippen LogP contribution in [-0.2, 0) is 4.74 Å². The number of ketones is 1. The molecule has 0 spiro atoms. The summed E-state index contributed by atoms with van der Waals surface area (Å²) < 4.78 is 5.28. The second-order valence-corrected chi connectivity index (χ2v) is 7.57. The highest BCUT2D eigenvalue weighted by molar-refractivity contribution is 7.12. The number of hydrogen-bond donors (Lipinski definition) is 1. The minimum atomic E-state index is -0.492. The summed E-state index contributed by atoms with van der Waals surface area (Å²) in [6, 6.07) is 3.79. The third-order valence-corrected chi connectivity index (χ3v) is 4.30. The zero-order valence-corrected chi connectivity index (χ0v) is 14.2. The Morgan fingerprint density at radius 1 is 1.45 bits per heavy atom. The molecule has 1 aromatic heterocycles. The van der Waals surface area contributed by atoms with Gasteiger partial charge in [0.15, 0.2) is 5.78 Å². The van der Waals surface area contributed by atoms with E-state index in [1.165, 1.54) is 11.3 Å². The molecule has 1 unspecified atom stereocenters. The molecule has 0 radical (unpaired) electrons. The molecular formula is C16H24N2O3S. The van der Waals surface area contributed by atoms with Crippen molar-refractivity contribution < 1.29 is 14.3 Å². The van der Waals surface area contributed by atoms with Crippen LogP contribution in [0, 0.1) is 0 Å². The van der Waals surface area contributed by atoms with E-state index in [0.717, 1.165) is 24.3 Å². The largest absolute Gasteiger partial charge is 0.444 e. The van der Waals surface area contributed by atoms with E-state index in [1.807, 2.05) is 38.3 Å². The molecule has 2 rings (SSSR count). The Bertz CT molecular complexity index is 508. The quantitative estimate of drug-likeness (QED) is 0.865. The van der Waals surface area contributed by atoms with Gasteiger partial charge < -0.3 is 10.1 Å². The van der Waals surface area contributed by atoms with Crippen molar-refractivity contribution in [1.29, 1.82) is 0 Å². The van der Waals surface area contributed by atoms with Gasteiger partial charge in [-0.15, -0.1) is 11.3 Å². The molecule has 22 heavy (non-hydrogen) atoms. The number of alkyl carbamates (subject to hydrolysis) is 1. The summed E-state index contributed by atoms with van der Waals surface area (Å²) in [6.07, 6.45) is 1.50. The topological polar surface area (TPSA) is 58.6 Å². The van der Waals surface area contributed by atoms with E-state index in [2.05, 4.69) is 10.2 Å². The van der Waals surface area contributed by atoms with Gasteiger partial charge in [0.05, 0.1) is 11.4 Å².